The Kier molecular flexibility index (Phi) is 3.89. The second kappa shape index (κ2) is 5.99. The molecule has 3 rings (SSSR count). The van der Waals surface area contributed by atoms with Gasteiger partial charge in [0.2, 0.25) is 0 Å². The fourth-order valence-corrected chi connectivity index (χ4v) is 2.82. The molecule has 0 saturated carbocycles. The number of benzene rings is 2. The van der Waals surface area contributed by atoms with E-state index < -0.39 is 5.97 Å². The van der Waals surface area contributed by atoms with E-state index in [0.717, 1.165) is 16.8 Å². The van der Waals surface area contributed by atoms with Gasteiger partial charge in [0, 0.05) is 16.6 Å². The van der Waals surface area contributed by atoms with Gasteiger partial charge in [0.15, 0.2) is 10.8 Å². The third-order valence-corrected chi connectivity index (χ3v) is 4.01. The predicted octanol–water partition coefficient (Wildman–Crippen LogP) is 4.56. The van der Waals surface area contributed by atoms with Crippen molar-refractivity contribution in [3.05, 3.63) is 65.2 Å². The molecular formula is C17H14N2O2S. The van der Waals surface area contributed by atoms with E-state index in [1.807, 2.05) is 24.3 Å². The van der Waals surface area contributed by atoms with Crippen molar-refractivity contribution in [3.63, 3.8) is 0 Å². The summed E-state index contributed by atoms with van der Waals surface area (Å²) in [5.41, 5.74) is 4.32. The number of nitrogens with zero attached hydrogens (tertiary/aromatic N) is 1. The molecule has 0 fully saturated rings. The van der Waals surface area contributed by atoms with Crippen molar-refractivity contribution >= 4 is 28.1 Å². The fraction of sp³-hybridized carbons (Fsp3) is 0.0588. The molecule has 2 N–H and O–H groups in total. The zero-order chi connectivity index (χ0) is 15.5. The molecule has 0 aliphatic heterocycles. The molecule has 3 aromatic rings. The monoisotopic (exact) mass is 310 g/mol. The van der Waals surface area contributed by atoms with E-state index in [1.165, 1.54) is 22.3 Å². The zero-order valence-electron chi connectivity index (χ0n) is 11.9. The van der Waals surface area contributed by atoms with Gasteiger partial charge in [-0.15, -0.1) is 11.3 Å². The van der Waals surface area contributed by atoms with Crippen LogP contribution in [-0.2, 0) is 0 Å². The highest BCUT2D eigenvalue weighted by atomic mass is 32.1. The van der Waals surface area contributed by atoms with E-state index in [0.29, 0.717) is 5.13 Å². The summed E-state index contributed by atoms with van der Waals surface area (Å²) >= 11 is 1.28. The summed E-state index contributed by atoms with van der Waals surface area (Å²) in [5.74, 6) is -1.02. The maximum absolute atomic E-state index is 10.9. The quantitative estimate of drug-likeness (QED) is 0.741. The summed E-state index contributed by atoms with van der Waals surface area (Å²) in [6.07, 6.45) is 0. The standard InChI is InChI=1S/C17H14N2O2S/c1-11-6-8-12(9-7-11)13-4-2-3-5-14(13)18-17-19-15(10-22-17)16(20)21/h2-10H,1H3,(H,18,19)(H,20,21). The molecule has 0 aliphatic carbocycles. The summed E-state index contributed by atoms with van der Waals surface area (Å²) in [6.45, 7) is 2.05. The molecule has 22 heavy (non-hydrogen) atoms. The largest absolute Gasteiger partial charge is 0.476 e. The van der Waals surface area contributed by atoms with Crippen LogP contribution in [0.2, 0.25) is 0 Å². The Morgan fingerprint density at radius 2 is 1.86 bits per heavy atom. The van der Waals surface area contributed by atoms with E-state index in [2.05, 4.69) is 41.5 Å². The maximum Gasteiger partial charge on any atom is 0.355 e. The van der Waals surface area contributed by atoms with Gasteiger partial charge in [-0.05, 0) is 18.6 Å². The number of hydrogen-bond acceptors (Lipinski definition) is 4. The number of aromatic nitrogens is 1. The molecule has 110 valence electrons. The molecule has 2 aromatic carbocycles. The zero-order valence-corrected chi connectivity index (χ0v) is 12.7. The topological polar surface area (TPSA) is 62.2 Å². The van der Waals surface area contributed by atoms with Crippen LogP contribution in [0, 0.1) is 6.92 Å². The van der Waals surface area contributed by atoms with Gasteiger partial charge in [-0.1, -0.05) is 48.0 Å². The van der Waals surface area contributed by atoms with Crippen LogP contribution in [0.4, 0.5) is 10.8 Å². The number of anilines is 2. The molecule has 0 saturated heterocycles. The SMILES string of the molecule is Cc1ccc(-c2ccccc2Nc2nc(C(=O)O)cs2)cc1. The Morgan fingerprint density at radius 3 is 2.55 bits per heavy atom. The highest BCUT2D eigenvalue weighted by Crippen LogP contribution is 2.31. The number of aryl methyl sites for hydroxylation is 1. The second-order valence-electron chi connectivity index (χ2n) is 4.88. The summed E-state index contributed by atoms with van der Waals surface area (Å²) in [4.78, 5) is 15.0. The Hall–Kier alpha value is -2.66. The Morgan fingerprint density at radius 1 is 1.14 bits per heavy atom. The van der Waals surface area contributed by atoms with Crippen LogP contribution in [-0.4, -0.2) is 16.1 Å². The molecule has 0 bridgehead atoms. The number of hydrogen-bond donors (Lipinski definition) is 2. The van der Waals surface area contributed by atoms with Crippen molar-refractivity contribution in [1.29, 1.82) is 0 Å². The average Bonchev–Trinajstić information content (AvgIpc) is 2.98. The average molecular weight is 310 g/mol. The minimum absolute atomic E-state index is 0.0558. The van der Waals surface area contributed by atoms with E-state index in [4.69, 9.17) is 5.11 Å². The number of thiazole rings is 1. The molecule has 4 nitrogen and oxygen atoms in total. The first-order chi connectivity index (χ1) is 10.6. The lowest BCUT2D eigenvalue weighted by Gasteiger charge is -2.10. The number of aromatic carboxylic acids is 1. The lowest BCUT2D eigenvalue weighted by molar-refractivity contribution is 0.0691. The van der Waals surface area contributed by atoms with Crippen molar-refractivity contribution in [2.45, 2.75) is 6.92 Å². The summed E-state index contributed by atoms with van der Waals surface area (Å²) in [7, 11) is 0. The summed E-state index contributed by atoms with van der Waals surface area (Å²) < 4.78 is 0. The van der Waals surface area contributed by atoms with Gasteiger partial charge in [-0.2, -0.15) is 0 Å². The van der Waals surface area contributed by atoms with Gasteiger partial charge in [0.05, 0.1) is 0 Å². The van der Waals surface area contributed by atoms with Crippen LogP contribution in [0.25, 0.3) is 11.1 Å². The van der Waals surface area contributed by atoms with E-state index >= 15 is 0 Å². The normalized spacial score (nSPS) is 10.4. The molecular weight excluding hydrogens is 296 g/mol. The number of nitrogens with one attached hydrogen (secondary N) is 1. The van der Waals surface area contributed by atoms with E-state index in [-0.39, 0.29) is 5.69 Å². The minimum atomic E-state index is -1.02. The Balaban J connectivity index is 1.93. The van der Waals surface area contributed by atoms with Gasteiger partial charge in [-0.3, -0.25) is 0 Å². The Bertz CT molecular complexity index is 810. The summed E-state index contributed by atoms with van der Waals surface area (Å²) in [5, 5.41) is 14.2. The Labute approximate surface area is 132 Å². The molecule has 0 amide bonds. The molecule has 1 aromatic heterocycles. The third kappa shape index (κ3) is 2.99. The van der Waals surface area contributed by atoms with Crippen LogP contribution in [0.1, 0.15) is 16.1 Å². The van der Waals surface area contributed by atoms with Crippen molar-refractivity contribution in [2.24, 2.45) is 0 Å². The minimum Gasteiger partial charge on any atom is -0.476 e. The second-order valence-corrected chi connectivity index (χ2v) is 5.74. The van der Waals surface area contributed by atoms with Gasteiger partial charge < -0.3 is 10.4 Å². The maximum atomic E-state index is 10.9. The molecule has 0 atom stereocenters. The molecule has 1 heterocycles. The number of carboxylic acid groups (broad SMARTS) is 1. The van der Waals surface area contributed by atoms with Crippen LogP contribution in [0.5, 0.6) is 0 Å². The summed E-state index contributed by atoms with van der Waals surface area (Å²) in [6, 6.07) is 16.2. The lowest BCUT2D eigenvalue weighted by atomic mass is 10.0. The van der Waals surface area contributed by atoms with Crippen molar-refractivity contribution in [1.82, 2.24) is 4.98 Å². The van der Waals surface area contributed by atoms with Gasteiger partial charge >= 0.3 is 5.97 Å². The molecule has 0 unspecified atom stereocenters. The van der Waals surface area contributed by atoms with Gasteiger partial charge in [-0.25, -0.2) is 9.78 Å². The first kappa shape index (κ1) is 14.3. The molecule has 0 aliphatic rings. The first-order valence-corrected chi connectivity index (χ1v) is 7.63. The fourth-order valence-electron chi connectivity index (χ4n) is 2.12. The van der Waals surface area contributed by atoms with Crippen molar-refractivity contribution in [3.8, 4) is 11.1 Å². The smallest absolute Gasteiger partial charge is 0.355 e. The molecule has 0 spiro atoms. The molecule has 5 heteroatoms. The van der Waals surface area contributed by atoms with E-state index in [1.54, 1.807) is 0 Å². The number of para-hydroxylation sites is 1. The number of rotatable bonds is 4. The predicted molar refractivity (Wildman–Crippen MR) is 89.0 cm³/mol. The van der Waals surface area contributed by atoms with Crippen LogP contribution < -0.4 is 5.32 Å². The van der Waals surface area contributed by atoms with Crippen molar-refractivity contribution < 1.29 is 9.90 Å². The first-order valence-electron chi connectivity index (χ1n) is 6.75. The molecule has 0 radical (unpaired) electrons. The van der Waals surface area contributed by atoms with Gasteiger partial charge in [0.1, 0.15) is 0 Å². The van der Waals surface area contributed by atoms with Crippen LogP contribution >= 0.6 is 11.3 Å². The lowest BCUT2D eigenvalue weighted by Crippen LogP contribution is -1.97. The van der Waals surface area contributed by atoms with E-state index in [9.17, 15) is 4.79 Å². The third-order valence-electron chi connectivity index (χ3n) is 3.25. The van der Waals surface area contributed by atoms with Crippen LogP contribution in [0.15, 0.2) is 53.9 Å². The highest BCUT2D eigenvalue weighted by Gasteiger charge is 2.10. The van der Waals surface area contributed by atoms with Crippen LogP contribution in [0.3, 0.4) is 0 Å². The highest BCUT2D eigenvalue weighted by molar-refractivity contribution is 7.14. The van der Waals surface area contributed by atoms with Gasteiger partial charge in [0.25, 0.3) is 0 Å². The number of carbonyl (C=O) groups is 1. The number of carboxylic acids is 1. The van der Waals surface area contributed by atoms with Crippen molar-refractivity contribution in [2.75, 3.05) is 5.32 Å².